The van der Waals surface area contributed by atoms with Gasteiger partial charge in [0.05, 0.1) is 17.2 Å². The summed E-state index contributed by atoms with van der Waals surface area (Å²) in [6, 6.07) is 0. The van der Waals surface area contributed by atoms with Crippen molar-refractivity contribution >= 4 is 39.6 Å². The standard InChI is InChI=1S/C6H5N4S2/c7-5-9-1-4(12-5)3-2-11-6(8)10-3/h2,4,7H,(H2,8,10). The second-order valence-corrected chi connectivity index (χ2v) is 4.14. The molecule has 1 atom stereocenters. The van der Waals surface area contributed by atoms with Gasteiger partial charge < -0.3 is 5.73 Å². The van der Waals surface area contributed by atoms with Gasteiger partial charge in [0, 0.05) is 5.38 Å². The van der Waals surface area contributed by atoms with Crippen molar-refractivity contribution in [2.45, 2.75) is 5.25 Å². The molecule has 0 bridgehead atoms. The molecule has 0 aromatic carbocycles. The second-order valence-electron chi connectivity index (χ2n) is 2.15. The minimum atomic E-state index is -0.0361. The fourth-order valence-electron chi connectivity index (χ4n) is 0.829. The van der Waals surface area contributed by atoms with Crippen LogP contribution in [0.15, 0.2) is 10.4 Å². The van der Waals surface area contributed by atoms with Crippen molar-refractivity contribution in [1.29, 1.82) is 5.41 Å². The van der Waals surface area contributed by atoms with Crippen LogP contribution in [0.2, 0.25) is 0 Å². The smallest absolute Gasteiger partial charge is 0.181 e. The Labute approximate surface area is 77.4 Å². The van der Waals surface area contributed by atoms with E-state index in [4.69, 9.17) is 11.1 Å². The molecule has 0 amide bonds. The van der Waals surface area contributed by atoms with Gasteiger partial charge in [0.2, 0.25) is 0 Å². The van der Waals surface area contributed by atoms with Crippen LogP contribution < -0.4 is 5.73 Å². The van der Waals surface area contributed by atoms with Gasteiger partial charge in [-0.3, -0.25) is 5.41 Å². The van der Waals surface area contributed by atoms with E-state index in [0.717, 1.165) is 5.69 Å². The van der Waals surface area contributed by atoms with Crippen LogP contribution in [0.3, 0.4) is 0 Å². The number of nitrogens with two attached hydrogens (primary N) is 1. The van der Waals surface area contributed by atoms with E-state index >= 15 is 0 Å². The average molecular weight is 197 g/mol. The predicted molar refractivity (Wildman–Crippen MR) is 52.0 cm³/mol. The van der Waals surface area contributed by atoms with Crippen LogP contribution in [-0.4, -0.2) is 16.4 Å². The number of hydrogen-bond acceptors (Lipinski definition) is 5. The summed E-state index contributed by atoms with van der Waals surface area (Å²) in [5.41, 5.74) is 6.31. The van der Waals surface area contributed by atoms with Gasteiger partial charge in [-0.05, 0) is 0 Å². The number of nitrogen functional groups attached to an aromatic ring is 1. The number of aromatic nitrogens is 1. The average Bonchev–Trinajstić information content (AvgIpc) is 2.58. The lowest BCUT2D eigenvalue weighted by Gasteiger charge is -1.97. The highest BCUT2D eigenvalue weighted by Crippen LogP contribution is 2.33. The van der Waals surface area contributed by atoms with Crippen LogP contribution in [0.5, 0.6) is 0 Å². The van der Waals surface area contributed by atoms with Crippen LogP contribution in [0.4, 0.5) is 5.13 Å². The lowest BCUT2D eigenvalue weighted by atomic mass is 10.3. The summed E-state index contributed by atoms with van der Waals surface area (Å²) in [5.74, 6) is 0. The Hall–Kier alpha value is -0.880. The molecular formula is C6H5N4S2. The molecule has 1 radical (unpaired) electrons. The predicted octanol–water partition coefficient (Wildman–Crippen LogP) is 1.40. The maximum atomic E-state index is 7.21. The zero-order chi connectivity index (χ0) is 8.55. The number of thioether (sulfide) groups is 1. The van der Waals surface area contributed by atoms with Gasteiger partial charge in [0.25, 0.3) is 0 Å². The summed E-state index contributed by atoms with van der Waals surface area (Å²) in [5, 5.41) is 9.88. The molecule has 3 N–H and O–H groups in total. The molecule has 4 nitrogen and oxygen atoms in total. The third-order valence-corrected chi connectivity index (χ3v) is 2.91. The van der Waals surface area contributed by atoms with E-state index in [-0.39, 0.29) is 10.4 Å². The van der Waals surface area contributed by atoms with Crippen LogP contribution in [0.1, 0.15) is 10.9 Å². The van der Waals surface area contributed by atoms with Gasteiger partial charge in [-0.2, -0.15) is 0 Å². The first-order valence-corrected chi connectivity index (χ1v) is 4.94. The van der Waals surface area contributed by atoms with Crippen molar-refractivity contribution in [3.05, 3.63) is 11.1 Å². The molecule has 61 valence electrons. The van der Waals surface area contributed by atoms with Crippen LogP contribution in [-0.2, 0) is 0 Å². The summed E-state index contributed by atoms with van der Waals surface area (Å²) in [6.45, 7) is 0. The van der Waals surface area contributed by atoms with Crippen LogP contribution in [0, 0.1) is 5.41 Å². The largest absolute Gasteiger partial charge is 0.375 e. The minimum Gasteiger partial charge on any atom is -0.375 e. The maximum Gasteiger partial charge on any atom is 0.181 e. The number of rotatable bonds is 1. The van der Waals surface area contributed by atoms with E-state index in [2.05, 4.69) is 16.2 Å². The molecule has 1 unspecified atom stereocenters. The van der Waals surface area contributed by atoms with Crippen molar-refractivity contribution in [3.63, 3.8) is 0 Å². The number of hydrogen-bond donors (Lipinski definition) is 2. The molecule has 0 saturated carbocycles. The number of nitrogens with one attached hydrogen (secondary N) is 1. The molecule has 6 heteroatoms. The molecule has 1 aliphatic heterocycles. The van der Waals surface area contributed by atoms with Gasteiger partial charge in [0.15, 0.2) is 10.3 Å². The molecule has 2 rings (SSSR count). The highest BCUT2D eigenvalue weighted by atomic mass is 32.2. The van der Waals surface area contributed by atoms with E-state index in [9.17, 15) is 0 Å². The van der Waals surface area contributed by atoms with E-state index in [1.54, 1.807) is 0 Å². The Morgan fingerprint density at radius 1 is 1.67 bits per heavy atom. The lowest BCUT2D eigenvalue weighted by molar-refractivity contribution is 1.20. The van der Waals surface area contributed by atoms with E-state index < -0.39 is 0 Å². The number of amidine groups is 1. The minimum absolute atomic E-state index is 0.0361. The van der Waals surface area contributed by atoms with Gasteiger partial charge in [-0.25, -0.2) is 9.98 Å². The van der Waals surface area contributed by atoms with E-state index in [0.29, 0.717) is 5.13 Å². The number of thiazole rings is 1. The summed E-state index contributed by atoms with van der Waals surface area (Å²) in [6.07, 6.45) is 2.79. The van der Waals surface area contributed by atoms with Crippen molar-refractivity contribution in [3.8, 4) is 0 Å². The number of aliphatic imine (C=N–C) groups is 1. The zero-order valence-corrected chi connectivity index (χ0v) is 7.58. The quantitative estimate of drug-likeness (QED) is 0.714. The maximum absolute atomic E-state index is 7.21. The Kier molecular flexibility index (Phi) is 1.86. The SMILES string of the molecule is N=C1N=[C]C(c2csc(N)n2)S1. The van der Waals surface area contributed by atoms with E-state index in [1.165, 1.54) is 23.1 Å². The molecule has 0 fully saturated rings. The molecule has 1 aliphatic rings. The summed E-state index contributed by atoms with van der Waals surface area (Å²) in [7, 11) is 0. The Morgan fingerprint density at radius 2 is 2.50 bits per heavy atom. The monoisotopic (exact) mass is 197 g/mol. The van der Waals surface area contributed by atoms with Gasteiger partial charge in [0.1, 0.15) is 0 Å². The van der Waals surface area contributed by atoms with Crippen molar-refractivity contribution in [2.75, 3.05) is 5.73 Å². The first kappa shape index (κ1) is 7.75. The molecule has 1 aromatic heterocycles. The third kappa shape index (κ3) is 1.35. The van der Waals surface area contributed by atoms with Gasteiger partial charge >= 0.3 is 0 Å². The van der Waals surface area contributed by atoms with Crippen molar-refractivity contribution in [2.24, 2.45) is 4.99 Å². The van der Waals surface area contributed by atoms with Gasteiger partial charge in [-0.1, -0.05) is 11.8 Å². The molecule has 0 saturated heterocycles. The molecule has 12 heavy (non-hydrogen) atoms. The Bertz CT molecular complexity index is 343. The molecule has 0 aliphatic carbocycles. The van der Waals surface area contributed by atoms with Gasteiger partial charge in [-0.15, -0.1) is 11.3 Å². The first-order chi connectivity index (χ1) is 5.75. The fraction of sp³-hybridized carbons (Fsp3) is 0.167. The first-order valence-electron chi connectivity index (χ1n) is 3.18. The summed E-state index contributed by atoms with van der Waals surface area (Å²) >= 11 is 2.72. The van der Waals surface area contributed by atoms with E-state index in [1.807, 2.05) is 5.38 Å². The molecule has 1 aromatic rings. The molecule has 2 heterocycles. The van der Waals surface area contributed by atoms with Crippen LogP contribution >= 0.6 is 23.1 Å². The van der Waals surface area contributed by atoms with Crippen molar-refractivity contribution in [1.82, 2.24) is 4.98 Å². The number of nitrogens with zero attached hydrogens (tertiary/aromatic N) is 2. The highest BCUT2D eigenvalue weighted by Gasteiger charge is 2.20. The topological polar surface area (TPSA) is 75.1 Å². The zero-order valence-electron chi connectivity index (χ0n) is 5.94. The fourth-order valence-corrected chi connectivity index (χ4v) is 2.18. The highest BCUT2D eigenvalue weighted by molar-refractivity contribution is 8.14. The Balaban J connectivity index is 2.22. The summed E-state index contributed by atoms with van der Waals surface area (Å²) in [4.78, 5) is 7.81. The normalized spacial score (nSPS) is 22.0. The Morgan fingerprint density at radius 3 is 3.00 bits per heavy atom. The third-order valence-electron chi connectivity index (χ3n) is 1.32. The number of anilines is 1. The second kappa shape index (κ2) is 2.87. The summed E-state index contributed by atoms with van der Waals surface area (Å²) < 4.78 is 0. The van der Waals surface area contributed by atoms with Crippen molar-refractivity contribution < 1.29 is 0 Å². The molecular weight excluding hydrogens is 192 g/mol. The lowest BCUT2D eigenvalue weighted by Crippen LogP contribution is -1.92. The van der Waals surface area contributed by atoms with Crippen LogP contribution in [0.25, 0.3) is 0 Å². The molecule has 0 spiro atoms.